The van der Waals surface area contributed by atoms with E-state index in [0.29, 0.717) is 13.0 Å². The van der Waals surface area contributed by atoms with Gasteiger partial charge in [-0.2, -0.15) is 0 Å². The van der Waals surface area contributed by atoms with Crippen LogP contribution in [-0.2, 0) is 9.53 Å². The lowest BCUT2D eigenvalue weighted by Gasteiger charge is -2.31. The molecule has 0 spiro atoms. The Kier molecular flexibility index (Phi) is 7.67. The third-order valence-corrected chi connectivity index (χ3v) is 2.92. The van der Waals surface area contributed by atoms with Gasteiger partial charge in [-0.15, -0.1) is 0 Å². The molecule has 0 saturated heterocycles. The lowest BCUT2D eigenvalue weighted by Crippen LogP contribution is -2.41. The smallest absolute Gasteiger partial charge is 0.164 e. The predicted molar refractivity (Wildman–Crippen MR) is 64.1 cm³/mol. The summed E-state index contributed by atoms with van der Waals surface area (Å²) >= 11 is 0. The summed E-state index contributed by atoms with van der Waals surface area (Å²) in [5.41, 5.74) is -0.485. The van der Waals surface area contributed by atoms with E-state index in [9.17, 15) is 4.79 Å². The number of ketones is 1. The van der Waals surface area contributed by atoms with Crippen LogP contribution in [0.15, 0.2) is 0 Å². The molecule has 0 bridgehead atoms. The van der Waals surface area contributed by atoms with Crippen LogP contribution in [0.1, 0.15) is 66.2 Å². The fraction of sp³-hybridized carbons (Fsp3) is 0.923. The van der Waals surface area contributed by atoms with E-state index in [1.807, 2.05) is 6.92 Å². The SMILES string of the molecule is CCCCC(CC)(OCCC)C(=O)CC. The number of carbonyl (C=O) groups is 1. The molecule has 0 radical (unpaired) electrons. The average Bonchev–Trinajstić information content (AvgIpc) is 2.29. The molecule has 0 aromatic rings. The number of carbonyl (C=O) groups excluding carboxylic acids is 1. The first-order valence-electron chi connectivity index (χ1n) is 6.34. The normalized spacial score (nSPS) is 14.9. The van der Waals surface area contributed by atoms with Gasteiger partial charge in [-0.25, -0.2) is 0 Å². The maximum Gasteiger partial charge on any atom is 0.164 e. The van der Waals surface area contributed by atoms with Crippen molar-refractivity contribution in [1.29, 1.82) is 0 Å². The number of unbranched alkanes of at least 4 members (excludes halogenated alkanes) is 1. The highest BCUT2D eigenvalue weighted by atomic mass is 16.5. The molecular formula is C13H26O2. The molecule has 0 rings (SSSR count). The van der Waals surface area contributed by atoms with Crippen LogP contribution in [0.4, 0.5) is 0 Å². The van der Waals surface area contributed by atoms with Crippen LogP contribution in [0.2, 0.25) is 0 Å². The second-order valence-electron chi connectivity index (χ2n) is 4.08. The van der Waals surface area contributed by atoms with E-state index < -0.39 is 5.60 Å². The molecule has 1 atom stereocenters. The van der Waals surface area contributed by atoms with Crippen LogP contribution < -0.4 is 0 Å². The molecule has 0 amide bonds. The van der Waals surface area contributed by atoms with Gasteiger partial charge in [0.25, 0.3) is 0 Å². The van der Waals surface area contributed by atoms with Crippen molar-refractivity contribution in [1.82, 2.24) is 0 Å². The zero-order valence-electron chi connectivity index (χ0n) is 10.8. The quantitative estimate of drug-likeness (QED) is 0.584. The standard InChI is InChI=1S/C13H26O2/c1-5-9-10-13(8-4,12(14)7-3)15-11-6-2/h5-11H2,1-4H3. The minimum Gasteiger partial charge on any atom is -0.367 e. The summed E-state index contributed by atoms with van der Waals surface area (Å²) in [6, 6.07) is 0. The van der Waals surface area contributed by atoms with Crippen molar-refractivity contribution < 1.29 is 9.53 Å². The molecule has 15 heavy (non-hydrogen) atoms. The van der Waals surface area contributed by atoms with Crippen LogP contribution >= 0.6 is 0 Å². The van der Waals surface area contributed by atoms with Gasteiger partial charge in [-0.1, -0.05) is 40.5 Å². The van der Waals surface area contributed by atoms with Crippen molar-refractivity contribution in [2.24, 2.45) is 0 Å². The molecule has 0 aromatic carbocycles. The Hall–Kier alpha value is -0.370. The molecule has 2 nitrogen and oxygen atoms in total. The molecule has 2 heteroatoms. The third-order valence-electron chi connectivity index (χ3n) is 2.92. The van der Waals surface area contributed by atoms with Crippen molar-refractivity contribution in [3.8, 4) is 0 Å². The lowest BCUT2D eigenvalue weighted by molar-refractivity contribution is -0.146. The second kappa shape index (κ2) is 7.86. The Morgan fingerprint density at radius 2 is 1.80 bits per heavy atom. The van der Waals surface area contributed by atoms with Crippen LogP contribution in [0.25, 0.3) is 0 Å². The van der Waals surface area contributed by atoms with Gasteiger partial charge in [0.1, 0.15) is 5.60 Å². The zero-order valence-corrected chi connectivity index (χ0v) is 10.8. The summed E-state index contributed by atoms with van der Waals surface area (Å²) in [6.07, 6.45) is 5.44. The van der Waals surface area contributed by atoms with Crippen LogP contribution in [0.3, 0.4) is 0 Å². The Morgan fingerprint density at radius 3 is 2.20 bits per heavy atom. The van der Waals surface area contributed by atoms with Crippen LogP contribution in [0, 0.1) is 0 Å². The van der Waals surface area contributed by atoms with E-state index in [1.54, 1.807) is 0 Å². The molecule has 0 aliphatic carbocycles. The fourth-order valence-corrected chi connectivity index (χ4v) is 1.85. The van der Waals surface area contributed by atoms with Gasteiger partial charge in [-0.05, 0) is 19.3 Å². The Labute approximate surface area is 94.4 Å². The molecule has 0 fully saturated rings. The molecular weight excluding hydrogens is 188 g/mol. The fourth-order valence-electron chi connectivity index (χ4n) is 1.85. The number of rotatable bonds is 9. The second-order valence-corrected chi connectivity index (χ2v) is 4.08. The number of hydrogen-bond acceptors (Lipinski definition) is 2. The first-order valence-corrected chi connectivity index (χ1v) is 6.34. The molecule has 0 heterocycles. The lowest BCUT2D eigenvalue weighted by atomic mass is 9.87. The summed E-state index contributed by atoms with van der Waals surface area (Å²) in [5.74, 6) is 0.270. The van der Waals surface area contributed by atoms with Crippen molar-refractivity contribution >= 4 is 5.78 Å². The highest BCUT2D eigenvalue weighted by Crippen LogP contribution is 2.26. The van der Waals surface area contributed by atoms with Gasteiger partial charge in [0.15, 0.2) is 5.78 Å². The van der Waals surface area contributed by atoms with Crippen LogP contribution in [-0.4, -0.2) is 18.0 Å². The number of Topliss-reactive ketones (excluding diaryl/α,β-unsaturated/α-hetero) is 1. The monoisotopic (exact) mass is 214 g/mol. The van der Waals surface area contributed by atoms with Crippen molar-refractivity contribution in [3.05, 3.63) is 0 Å². The molecule has 0 aliphatic heterocycles. The average molecular weight is 214 g/mol. The predicted octanol–water partition coefficient (Wildman–Crippen LogP) is 3.73. The maximum atomic E-state index is 12.0. The zero-order chi connectivity index (χ0) is 11.7. The van der Waals surface area contributed by atoms with E-state index in [1.165, 1.54) is 0 Å². The highest BCUT2D eigenvalue weighted by Gasteiger charge is 2.35. The molecule has 0 aromatic heterocycles. The van der Waals surface area contributed by atoms with Crippen molar-refractivity contribution in [2.45, 2.75) is 71.8 Å². The van der Waals surface area contributed by atoms with Gasteiger partial charge < -0.3 is 4.74 Å². The molecule has 1 unspecified atom stereocenters. The van der Waals surface area contributed by atoms with Crippen molar-refractivity contribution in [2.75, 3.05) is 6.61 Å². The summed E-state index contributed by atoms with van der Waals surface area (Å²) in [6.45, 7) is 8.91. The number of hydrogen-bond donors (Lipinski definition) is 0. The van der Waals surface area contributed by atoms with E-state index in [-0.39, 0.29) is 5.78 Å². The largest absolute Gasteiger partial charge is 0.367 e. The highest BCUT2D eigenvalue weighted by molar-refractivity contribution is 5.87. The first-order chi connectivity index (χ1) is 7.16. The van der Waals surface area contributed by atoms with Gasteiger partial charge in [0.05, 0.1) is 0 Å². The first kappa shape index (κ1) is 14.6. The number of ether oxygens (including phenoxy) is 1. The summed E-state index contributed by atoms with van der Waals surface area (Å²) in [7, 11) is 0. The Morgan fingerprint density at radius 1 is 1.13 bits per heavy atom. The Balaban J connectivity index is 4.51. The summed E-state index contributed by atoms with van der Waals surface area (Å²) in [4.78, 5) is 12.0. The summed E-state index contributed by atoms with van der Waals surface area (Å²) in [5, 5.41) is 0. The molecule has 90 valence electrons. The van der Waals surface area contributed by atoms with Gasteiger partial charge >= 0.3 is 0 Å². The van der Waals surface area contributed by atoms with Gasteiger partial charge in [-0.3, -0.25) is 4.79 Å². The van der Waals surface area contributed by atoms with Crippen molar-refractivity contribution in [3.63, 3.8) is 0 Å². The van der Waals surface area contributed by atoms with Gasteiger partial charge in [0.2, 0.25) is 0 Å². The van der Waals surface area contributed by atoms with E-state index >= 15 is 0 Å². The molecule has 0 aliphatic rings. The van der Waals surface area contributed by atoms with E-state index in [4.69, 9.17) is 4.74 Å². The Bertz CT molecular complexity index is 167. The third kappa shape index (κ3) is 4.33. The summed E-state index contributed by atoms with van der Waals surface area (Å²) < 4.78 is 5.83. The van der Waals surface area contributed by atoms with Crippen LogP contribution in [0.5, 0.6) is 0 Å². The van der Waals surface area contributed by atoms with Gasteiger partial charge in [0, 0.05) is 13.0 Å². The minimum atomic E-state index is -0.485. The van der Waals surface area contributed by atoms with E-state index in [2.05, 4.69) is 20.8 Å². The minimum absolute atomic E-state index is 0.270. The van der Waals surface area contributed by atoms with E-state index in [0.717, 1.165) is 32.1 Å². The topological polar surface area (TPSA) is 26.3 Å². The maximum absolute atomic E-state index is 12.0. The molecule has 0 saturated carbocycles. The molecule has 0 N–H and O–H groups in total.